The molecule has 1 aliphatic heterocycles. The second kappa shape index (κ2) is 4.65. The monoisotopic (exact) mass is 245 g/mol. The molecule has 0 unspecified atom stereocenters. The molecule has 1 heterocycles. The van der Waals surface area contributed by atoms with Gasteiger partial charge >= 0.3 is 6.18 Å². The van der Waals surface area contributed by atoms with Crippen molar-refractivity contribution >= 4 is 5.84 Å². The Hall–Kier alpha value is -1.72. The normalized spacial score (nSPS) is 17.3. The van der Waals surface area contributed by atoms with Crippen LogP contribution >= 0.6 is 0 Å². The number of hydrogen-bond donors (Lipinski definition) is 2. The summed E-state index contributed by atoms with van der Waals surface area (Å²) in [5.41, 5.74) is 4.77. The Labute approximate surface area is 97.6 Å². The van der Waals surface area contributed by atoms with Crippen LogP contribution in [-0.2, 0) is 0 Å². The molecule has 0 radical (unpaired) electrons. The van der Waals surface area contributed by atoms with E-state index in [4.69, 9.17) is 5.73 Å². The van der Waals surface area contributed by atoms with Crippen molar-refractivity contribution in [2.75, 3.05) is 0 Å². The number of nitrogens with zero attached hydrogens (tertiary/aromatic N) is 1. The van der Waals surface area contributed by atoms with Crippen molar-refractivity contribution in [3.05, 3.63) is 35.7 Å². The molecule has 17 heavy (non-hydrogen) atoms. The van der Waals surface area contributed by atoms with Gasteiger partial charge in [0.2, 0.25) is 0 Å². The molecule has 0 saturated carbocycles. The largest absolute Gasteiger partial charge is 0.419 e. The number of nitrogens with one attached hydrogen (secondary N) is 1. The summed E-state index contributed by atoms with van der Waals surface area (Å²) >= 11 is 0. The molecule has 0 atom stereocenters. The number of halogens is 3. The van der Waals surface area contributed by atoms with Gasteiger partial charge in [0.15, 0.2) is 0 Å². The highest BCUT2D eigenvalue weighted by Gasteiger charge is 2.37. The van der Waals surface area contributed by atoms with Crippen LogP contribution in [0.5, 0.6) is 0 Å². The van der Waals surface area contributed by atoms with Crippen LogP contribution in [0.1, 0.15) is 13.8 Å². The molecule has 0 aromatic heterocycles. The fourth-order valence-electron chi connectivity index (χ4n) is 1.27. The SMILES string of the molecule is C=C1C=C(NC(C)C)C(C(F)(F)F)=CN=C1N. The van der Waals surface area contributed by atoms with E-state index in [0.29, 0.717) is 6.20 Å². The maximum Gasteiger partial charge on any atom is 0.419 e. The van der Waals surface area contributed by atoms with E-state index in [0.717, 1.165) is 0 Å². The highest BCUT2D eigenvalue weighted by molar-refractivity contribution is 6.00. The summed E-state index contributed by atoms with van der Waals surface area (Å²) in [7, 11) is 0. The Bertz CT molecular complexity index is 414. The summed E-state index contributed by atoms with van der Waals surface area (Å²) < 4.78 is 38.4. The third-order valence-electron chi connectivity index (χ3n) is 2.02. The molecule has 0 aliphatic carbocycles. The molecule has 0 aromatic rings. The quantitative estimate of drug-likeness (QED) is 0.783. The molecule has 0 spiro atoms. The molecule has 0 saturated heterocycles. The summed E-state index contributed by atoms with van der Waals surface area (Å²) in [5, 5.41) is 2.71. The summed E-state index contributed by atoms with van der Waals surface area (Å²) in [4.78, 5) is 3.53. The van der Waals surface area contributed by atoms with Gasteiger partial charge in [-0.15, -0.1) is 0 Å². The molecule has 1 rings (SSSR count). The van der Waals surface area contributed by atoms with Crippen molar-refractivity contribution < 1.29 is 13.2 Å². The van der Waals surface area contributed by atoms with E-state index in [-0.39, 0.29) is 23.1 Å². The van der Waals surface area contributed by atoms with E-state index in [2.05, 4.69) is 16.9 Å². The summed E-state index contributed by atoms with van der Waals surface area (Å²) in [5.74, 6) is -0.0210. The Kier molecular flexibility index (Phi) is 3.65. The molecule has 0 aromatic carbocycles. The van der Waals surface area contributed by atoms with Gasteiger partial charge in [-0.25, -0.2) is 4.99 Å². The first-order chi connectivity index (χ1) is 7.71. The van der Waals surface area contributed by atoms with E-state index >= 15 is 0 Å². The Balaban J connectivity index is 3.21. The van der Waals surface area contributed by atoms with E-state index in [1.807, 2.05) is 0 Å². The Morgan fingerprint density at radius 3 is 2.47 bits per heavy atom. The molecule has 3 nitrogen and oxygen atoms in total. The average Bonchev–Trinajstić information content (AvgIpc) is 2.25. The molecular formula is C11H14F3N3. The van der Waals surface area contributed by atoms with Crippen molar-refractivity contribution in [3.63, 3.8) is 0 Å². The lowest BCUT2D eigenvalue weighted by molar-refractivity contribution is -0.0900. The molecule has 3 N–H and O–H groups in total. The van der Waals surface area contributed by atoms with Crippen molar-refractivity contribution in [2.24, 2.45) is 10.7 Å². The van der Waals surface area contributed by atoms with Gasteiger partial charge in [0.25, 0.3) is 0 Å². The van der Waals surface area contributed by atoms with Gasteiger partial charge in [0.05, 0.1) is 5.57 Å². The molecular weight excluding hydrogens is 231 g/mol. The van der Waals surface area contributed by atoms with Crippen LogP contribution < -0.4 is 11.1 Å². The fraction of sp³-hybridized carbons (Fsp3) is 0.364. The van der Waals surface area contributed by atoms with Crippen LogP contribution in [0, 0.1) is 0 Å². The highest BCUT2D eigenvalue weighted by Crippen LogP contribution is 2.32. The minimum atomic E-state index is -4.48. The van der Waals surface area contributed by atoms with Crippen molar-refractivity contribution in [1.82, 2.24) is 5.32 Å². The number of hydrogen-bond acceptors (Lipinski definition) is 3. The number of nitrogens with two attached hydrogens (primary N) is 1. The van der Waals surface area contributed by atoms with Gasteiger partial charge in [0.1, 0.15) is 5.84 Å². The number of alkyl halides is 3. The van der Waals surface area contributed by atoms with Crippen LogP contribution in [-0.4, -0.2) is 18.1 Å². The van der Waals surface area contributed by atoms with Crippen molar-refractivity contribution in [1.29, 1.82) is 0 Å². The van der Waals surface area contributed by atoms with Crippen LogP contribution in [0.2, 0.25) is 0 Å². The van der Waals surface area contributed by atoms with E-state index in [1.54, 1.807) is 13.8 Å². The zero-order valence-corrected chi connectivity index (χ0v) is 9.60. The first-order valence-electron chi connectivity index (χ1n) is 5.00. The van der Waals surface area contributed by atoms with Gasteiger partial charge < -0.3 is 11.1 Å². The van der Waals surface area contributed by atoms with Crippen LogP contribution in [0.4, 0.5) is 13.2 Å². The Morgan fingerprint density at radius 2 is 2.00 bits per heavy atom. The smallest absolute Gasteiger partial charge is 0.383 e. The van der Waals surface area contributed by atoms with Gasteiger partial charge in [0, 0.05) is 23.5 Å². The number of aliphatic imine (C=N–C) groups is 1. The van der Waals surface area contributed by atoms with Gasteiger partial charge in [-0.05, 0) is 19.9 Å². The first-order valence-corrected chi connectivity index (χ1v) is 5.00. The van der Waals surface area contributed by atoms with Crippen LogP contribution in [0.3, 0.4) is 0 Å². The van der Waals surface area contributed by atoms with Crippen LogP contribution in [0.25, 0.3) is 0 Å². The predicted octanol–water partition coefficient (Wildman–Crippen LogP) is 2.24. The van der Waals surface area contributed by atoms with E-state index < -0.39 is 11.7 Å². The van der Waals surface area contributed by atoms with E-state index in [1.165, 1.54) is 6.08 Å². The molecule has 0 bridgehead atoms. The second-order valence-electron chi connectivity index (χ2n) is 3.94. The summed E-state index contributed by atoms with van der Waals surface area (Å²) in [6.07, 6.45) is -2.51. The third kappa shape index (κ3) is 3.37. The topological polar surface area (TPSA) is 50.4 Å². The van der Waals surface area contributed by atoms with Gasteiger partial charge in [-0.1, -0.05) is 6.58 Å². The first kappa shape index (κ1) is 13.3. The molecule has 6 heteroatoms. The fourth-order valence-corrected chi connectivity index (χ4v) is 1.27. The lowest BCUT2D eigenvalue weighted by Gasteiger charge is -2.18. The lowest BCUT2D eigenvalue weighted by atomic mass is 10.1. The summed E-state index contributed by atoms with van der Waals surface area (Å²) in [6, 6.07) is -0.140. The lowest BCUT2D eigenvalue weighted by Crippen LogP contribution is -2.28. The average molecular weight is 245 g/mol. The Morgan fingerprint density at radius 1 is 1.41 bits per heavy atom. The van der Waals surface area contributed by atoms with Gasteiger partial charge in [-0.2, -0.15) is 13.2 Å². The second-order valence-corrected chi connectivity index (χ2v) is 3.94. The molecule has 1 aliphatic rings. The highest BCUT2D eigenvalue weighted by atomic mass is 19.4. The maximum absolute atomic E-state index is 12.8. The molecule has 0 amide bonds. The third-order valence-corrected chi connectivity index (χ3v) is 2.02. The van der Waals surface area contributed by atoms with Crippen LogP contribution in [0.15, 0.2) is 40.7 Å². The summed E-state index contributed by atoms with van der Waals surface area (Å²) in [6.45, 7) is 7.04. The zero-order valence-electron chi connectivity index (χ0n) is 9.60. The minimum Gasteiger partial charge on any atom is -0.383 e. The number of amidine groups is 1. The van der Waals surface area contributed by atoms with Crippen molar-refractivity contribution in [2.45, 2.75) is 26.1 Å². The maximum atomic E-state index is 12.8. The standard InChI is InChI=1S/C11H14F3N3/c1-6(2)17-9-4-7(3)10(15)16-5-8(9)11(12,13)14/h4-6,17H,3H2,1-2H3,(H2,15,16). The molecule has 94 valence electrons. The zero-order chi connectivity index (χ0) is 13.2. The molecule has 0 fully saturated rings. The number of rotatable bonds is 2. The minimum absolute atomic E-state index is 0.0210. The van der Waals surface area contributed by atoms with E-state index in [9.17, 15) is 13.2 Å². The number of allylic oxidation sites excluding steroid dienone is 1. The van der Waals surface area contributed by atoms with Crippen molar-refractivity contribution in [3.8, 4) is 0 Å². The van der Waals surface area contributed by atoms with Gasteiger partial charge in [-0.3, -0.25) is 0 Å². The predicted molar refractivity (Wildman–Crippen MR) is 61.3 cm³/mol.